The summed E-state index contributed by atoms with van der Waals surface area (Å²) >= 11 is 0. The van der Waals surface area contributed by atoms with Gasteiger partial charge in [-0.15, -0.1) is 0 Å². The van der Waals surface area contributed by atoms with Crippen LogP contribution in [-0.4, -0.2) is 38.2 Å². The summed E-state index contributed by atoms with van der Waals surface area (Å²) in [5.41, 5.74) is 0. The summed E-state index contributed by atoms with van der Waals surface area (Å²) in [4.78, 5) is 26.8. The van der Waals surface area contributed by atoms with Crippen LogP contribution in [0.5, 0.6) is 0 Å². The van der Waals surface area contributed by atoms with Gasteiger partial charge in [-0.2, -0.15) is 0 Å². The van der Waals surface area contributed by atoms with Crippen LogP contribution < -0.4 is 10.6 Å². The fourth-order valence-corrected chi connectivity index (χ4v) is 1.87. The lowest BCUT2D eigenvalue weighted by atomic mass is 10.1. The van der Waals surface area contributed by atoms with Gasteiger partial charge in [0.2, 0.25) is 5.91 Å². The lowest BCUT2D eigenvalue weighted by molar-refractivity contribution is -0.125. The Hall–Kier alpha value is -1.23. The summed E-state index contributed by atoms with van der Waals surface area (Å²) < 4.78 is 0. The molecule has 2 N–H and O–H groups in total. The van der Waals surface area contributed by atoms with E-state index in [0.29, 0.717) is 6.54 Å². The van der Waals surface area contributed by atoms with Gasteiger partial charge in [-0.05, 0) is 19.9 Å². The minimum atomic E-state index is -0.302. The maximum absolute atomic E-state index is 11.9. The molecule has 96 valence electrons. The molecule has 5 heteroatoms. The van der Waals surface area contributed by atoms with E-state index in [-0.39, 0.29) is 18.2 Å². The molecule has 1 aliphatic rings. The van der Waals surface area contributed by atoms with Crippen LogP contribution in [0, 0.1) is 5.92 Å². The van der Waals surface area contributed by atoms with Crippen molar-refractivity contribution in [2.24, 2.45) is 10.9 Å². The van der Waals surface area contributed by atoms with Crippen molar-refractivity contribution in [3.05, 3.63) is 0 Å². The van der Waals surface area contributed by atoms with Gasteiger partial charge < -0.3 is 15.4 Å². The number of aliphatic imine (C=N–C) groups is 1. The Morgan fingerprint density at radius 3 is 3.00 bits per heavy atom. The third-order valence-corrected chi connectivity index (χ3v) is 2.84. The zero-order chi connectivity index (χ0) is 12.5. The van der Waals surface area contributed by atoms with E-state index in [9.17, 15) is 9.59 Å². The van der Waals surface area contributed by atoms with Crippen molar-refractivity contribution in [1.29, 1.82) is 0 Å². The molecular formula is C12H21N3O2. The first-order valence-electron chi connectivity index (χ1n) is 6.20. The smallest absolute Gasteiger partial charge is 0.230 e. The van der Waals surface area contributed by atoms with E-state index in [4.69, 9.17) is 0 Å². The van der Waals surface area contributed by atoms with E-state index in [1.807, 2.05) is 0 Å². The molecule has 0 spiro atoms. The van der Waals surface area contributed by atoms with Crippen molar-refractivity contribution in [1.82, 2.24) is 10.6 Å². The van der Waals surface area contributed by atoms with Crippen molar-refractivity contribution < 1.29 is 9.59 Å². The third kappa shape index (κ3) is 5.08. The molecule has 0 aromatic heterocycles. The molecule has 0 bridgehead atoms. The Kier molecular flexibility index (Phi) is 6.47. The molecule has 5 nitrogen and oxygen atoms in total. The largest absolute Gasteiger partial charge is 0.319 e. The Balaban J connectivity index is 2.49. The number of carbonyl (C=O) groups is 2. The predicted octanol–water partition coefficient (Wildman–Crippen LogP) is 0.500. The maximum Gasteiger partial charge on any atom is 0.230 e. The quantitative estimate of drug-likeness (QED) is 0.686. The Labute approximate surface area is 102 Å². The molecule has 0 radical (unpaired) electrons. The van der Waals surface area contributed by atoms with Crippen LogP contribution in [0.25, 0.3) is 0 Å². The second kappa shape index (κ2) is 7.95. The standard InChI is InChI=1S/C12H21N3O2/c1-13-9-10(6-8-16)12(17)15-11-5-3-2-4-7-14-11/h8,10,13H,2-7,9H2,1H3,(H,14,15,17)/t10-/m0/s1. The van der Waals surface area contributed by atoms with Crippen LogP contribution in [-0.2, 0) is 9.59 Å². The molecule has 0 aliphatic carbocycles. The molecule has 0 saturated carbocycles. The summed E-state index contributed by atoms with van der Waals surface area (Å²) in [5, 5.41) is 5.76. The minimum Gasteiger partial charge on any atom is -0.319 e. The first-order valence-corrected chi connectivity index (χ1v) is 6.20. The molecule has 1 amide bonds. The van der Waals surface area contributed by atoms with Crippen LogP contribution in [0.15, 0.2) is 4.99 Å². The van der Waals surface area contributed by atoms with Gasteiger partial charge in [-0.25, -0.2) is 0 Å². The van der Waals surface area contributed by atoms with E-state index >= 15 is 0 Å². The Morgan fingerprint density at radius 2 is 2.29 bits per heavy atom. The molecule has 0 fully saturated rings. The van der Waals surface area contributed by atoms with Gasteiger partial charge >= 0.3 is 0 Å². The molecular weight excluding hydrogens is 218 g/mol. The number of carbonyl (C=O) groups excluding carboxylic acids is 2. The highest BCUT2D eigenvalue weighted by Gasteiger charge is 2.18. The second-order valence-corrected chi connectivity index (χ2v) is 4.29. The number of amides is 1. The summed E-state index contributed by atoms with van der Waals surface area (Å²) in [6.45, 7) is 1.30. The van der Waals surface area contributed by atoms with Crippen LogP contribution >= 0.6 is 0 Å². The normalized spacial score (nSPS) is 17.8. The van der Waals surface area contributed by atoms with Gasteiger partial charge in [0.15, 0.2) is 0 Å². The fraction of sp³-hybridized carbons (Fsp3) is 0.750. The average molecular weight is 239 g/mol. The summed E-state index contributed by atoms with van der Waals surface area (Å²) in [5.74, 6) is 0.370. The second-order valence-electron chi connectivity index (χ2n) is 4.29. The molecule has 0 aromatic carbocycles. The Bertz CT molecular complexity index is 289. The first kappa shape index (κ1) is 13.8. The lowest BCUT2D eigenvalue weighted by Crippen LogP contribution is -2.39. The van der Waals surface area contributed by atoms with E-state index in [2.05, 4.69) is 15.6 Å². The topological polar surface area (TPSA) is 70.6 Å². The molecule has 1 atom stereocenters. The highest BCUT2D eigenvalue weighted by atomic mass is 16.2. The number of nitrogens with zero attached hydrogens (tertiary/aromatic N) is 1. The molecule has 1 aliphatic heterocycles. The van der Waals surface area contributed by atoms with Crippen LogP contribution in [0.2, 0.25) is 0 Å². The number of hydrogen-bond acceptors (Lipinski definition) is 4. The van der Waals surface area contributed by atoms with Crippen molar-refractivity contribution in [2.75, 3.05) is 20.1 Å². The van der Waals surface area contributed by atoms with Crippen LogP contribution in [0.4, 0.5) is 0 Å². The third-order valence-electron chi connectivity index (χ3n) is 2.84. The molecule has 1 rings (SSSR count). The predicted molar refractivity (Wildman–Crippen MR) is 67.0 cm³/mol. The van der Waals surface area contributed by atoms with Crippen molar-refractivity contribution >= 4 is 18.0 Å². The van der Waals surface area contributed by atoms with Crippen molar-refractivity contribution in [3.8, 4) is 0 Å². The monoisotopic (exact) mass is 239 g/mol. The van der Waals surface area contributed by atoms with Gasteiger partial charge in [0, 0.05) is 25.9 Å². The van der Waals surface area contributed by atoms with E-state index in [1.54, 1.807) is 7.05 Å². The SMILES string of the molecule is CNC[C@H](CC=O)C(=O)NC1=NCCCCC1. The van der Waals surface area contributed by atoms with Gasteiger partial charge in [0.05, 0.1) is 5.92 Å². The number of rotatable bonds is 5. The van der Waals surface area contributed by atoms with Gasteiger partial charge in [-0.3, -0.25) is 9.79 Å². The van der Waals surface area contributed by atoms with Gasteiger partial charge in [-0.1, -0.05) is 6.42 Å². The number of hydrogen-bond donors (Lipinski definition) is 2. The Morgan fingerprint density at radius 1 is 1.47 bits per heavy atom. The number of amidine groups is 1. The van der Waals surface area contributed by atoms with Crippen molar-refractivity contribution in [2.45, 2.75) is 32.1 Å². The minimum absolute atomic E-state index is 0.105. The highest BCUT2D eigenvalue weighted by molar-refractivity contribution is 5.99. The molecule has 0 unspecified atom stereocenters. The average Bonchev–Trinajstić information content (AvgIpc) is 2.57. The lowest BCUT2D eigenvalue weighted by Gasteiger charge is -2.14. The molecule has 17 heavy (non-hydrogen) atoms. The van der Waals surface area contributed by atoms with Crippen molar-refractivity contribution in [3.63, 3.8) is 0 Å². The van der Waals surface area contributed by atoms with Gasteiger partial charge in [0.25, 0.3) is 0 Å². The summed E-state index contributed by atoms with van der Waals surface area (Å²) in [7, 11) is 1.77. The molecule has 0 aromatic rings. The van der Waals surface area contributed by atoms with Gasteiger partial charge in [0.1, 0.15) is 12.1 Å². The zero-order valence-corrected chi connectivity index (χ0v) is 10.4. The summed E-state index contributed by atoms with van der Waals surface area (Å²) in [6.07, 6.45) is 5.20. The van der Waals surface area contributed by atoms with E-state index < -0.39 is 0 Å². The van der Waals surface area contributed by atoms with E-state index in [0.717, 1.165) is 44.3 Å². The fourth-order valence-electron chi connectivity index (χ4n) is 1.87. The number of nitrogens with one attached hydrogen (secondary N) is 2. The van der Waals surface area contributed by atoms with E-state index in [1.165, 1.54) is 0 Å². The first-order chi connectivity index (χ1) is 8.27. The molecule has 0 saturated heterocycles. The zero-order valence-electron chi connectivity index (χ0n) is 10.4. The molecule has 1 heterocycles. The number of aldehydes is 1. The highest BCUT2D eigenvalue weighted by Crippen LogP contribution is 2.07. The van der Waals surface area contributed by atoms with Crippen LogP contribution in [0.3, 0.4) is 0 Å². The summed E-state index contributed by atoms with van der Waals surface area (Å²) in [6, 6.07) is 0. The van der Waals surface area contributed by atoms with Crippen LogP contribution in [0.1, 0.15) is 32.1 Å². The maximum atomic E-state index is 11.9.